The van der Waals surface area contributed by atoms with Crippen molar-refractivity contribution in [3.63, 3.8) is 0 Å². The molecule has 0 aliphatic carbocycles. The Hall–Kier alpha value is -1.85. The van der Waals surface area contributed by atoms with Crippen LogP contribution in [-0.4, -0.2) is 49.0 Å². The molecule has 1 fully saturated rings. The van der Waals surface area contributed by atoms with E-state index in [0.29, 0.717) is 0 Å². The predicted octanol–water partition coefficient (Wildman–Crippen LogP) is 3.42. The molecule has 1 aliphatic rings. The monoisotopic (exact) mass is 388 g/mol. The first-order valence-electron chi connectivity index (χ1n) is 8.06. The molecule has 24 heavy (non-hydrogen) atoms. The Morgan fingerprint density at radius 2 is 1.71 bits per heavy atom. The van der Waals surface area contributed by atoms with Crippen LogP contribution >= 0.6 is 15.9 Å². The number of carbonyl (C=O) groups is 1. The fourth-order valence-electron chi connectivity index (χ4n) is 2.90. The molecule has 3 rings (SSSR count). The molecule has 0 saturated carbocycles. The number of carbonyl (C=O) groups excluding carboxylic acids is 1. The highest BCUT2D eigenvalue weighted by atomic mass is 79.9. The van der Waals surface area contributed by atoms with Crippen molar-refractivity contribution in [1.82, 2.24) is 9.80 Å². The average Bonchev–Trinajstić information content (AvgIpc) is 2.63. The molecule has 2 aromatic rings. The average molecular weight is 389 g/mol. The number of piperazine rings is 1. The Balaban J connectivity index is 1.55. The number of nitrogens with zero attached hydrogens (tertiary/aromatic N) is 2. The van der Waals surface area contributed by atoms with E-state index in [4.69, 9.17) is 4.74 Å². The molecule has 0 bridgehead atoms. The Labute approximate surface area is 151 Å². The van der Waals surface area contributed by atoms with Crippen LogP contribution in [-0.2, 0) is 6.54 Å². The number of hydrogen-bond acceptors (Lipinski definition) is 3. The third kappa shape index (κ3) is 3.97. The van der Waals surface area contributed by atoms with Gasteiger partial charge in [-0.15, -0.1) is 0 Å². The zero-order valence-electron chi connectivity index (χ0n) is 13.7. The molecular formula is C19H21BrN2O2. The van der Waals surface area contributed by atoms with Gasteiger partial charge in [-0.3, -0.25) is 9.69 Å². The molecule has 5 heteroatoms. The van der Waals surface area contributed by atoms with Crippen LogP contribution in [0.25, 0.3) is 0 Å². The summed E-state index contributed by atoms with van der Waals surface area (Å²) in [5, 5.41) is 0. The molecule has 1 saturated heterocycles. The molecule has 0 unspecified atom stereocenters. The molecule has 1 amide bonds. The summed E-state index contributed by atoms with van der Waals surface area (Å²) in [7, 11) is 1.68. The van der Waals surface area contributed by atoms with Gasteiger partial charge in [0.05, 0.1) is 12.7 Å². The predicted molar refractivity (Wildman–Crippen MR) is 98.3 cm³/mol. The summed E-state index contributed by atoms with van der Waals surface area (Å²) >= 11 is 3.46. The second kappa shape index (κ2) is 7.81. The Kier molecular flexibility index (Phi) is 5.53. The van der Waals surface area contributed by atoms with Gasteiger partial charge in [0.1, 0.15) is 5.75 Å². The highest BCUT2D eigenvalue weighted by molar-refractivity contribution is 9.10. The van der Waals surface area contributed by atoms with E-state index in [1.165, 1.54) is 5.56 Å². The lowest BCUT2D eigenvalue weighted by atomic mass is 10.1. The van der Waals surface area contributed by atoms with E-state index in [0.717, 1.165) is 48.5 Å². The van der Waals surface area contributed by atoms with Crippen molar-refractivity contribution in [3.8, 4) is 5.75 Å². The Morgan fingerprint density at radius 3 is 2.33 bits per heavy atom. The molecule has 1 aliphatic heterocycles. The summed E-state index contributed by atoms with van der Waals surface area (Å²) in [6.45, 7) is 4.21. The van der Waals surface area contributed by atoms with Crippen molar-refractivity contribution in [2.45, 2.75) is 6.54 Å². The minimum atomic E-state index is 0.103. The van der Waals surface area contributed by atoms with E-state index < -0.39 is 0 Å². The van der Waals surface area contributed by atoms with Crippen LogP contribution in [0.4, 0.5) is 0 Å². The van der Waals surface area contributed by atoms with Crippen molar-refractivity contribution in [1.29, 1.82) is 0 Å². The van der Waals surface area contributed by atoms with Crippen LogP contribution in [0.1, 0.15) is 15.9 Å². The van der Waals surface area contributed by atoms with E-state index in [2.05, 4.69) is 33.0 Å². The highest BCUT2D eigenvalue weighted by Crippen LogP contribution is 2.19. The van der Waals surface area contributed by atoms with Gasteiger partial charge in [-0.1, -0.05) is 24.3 Å². The van der Waals surface area contributed by atoms with Gasteiger partial charge < -0.3 is 9.64 Å². The molecule has 0 atom stereocenters. The topological polar surface area (TPSA) is 32.8 Å². The van der Waals surface area contributed by atoms with E-state index in [9.17, 15) is 4.79 Å². The lowest BCUT2D eigenvalue weighted by Crippen LogP contribution is -2.48. The third-order valence-electron chi connectivity index (χ3n) is 4.33. The second-order valence-electron chi connectivity index (χ2n) is 5.90. The van der Waals surface area contributed by atoms with Gasteiger partial charge in [-0.2, -0.15) is 0 Å². The molecule has 126 valence electrons. The summed E-state index contributed by atoms with van der Waals surface area (Å²) in [5.74, 6) is 0.981. The zero-order chi connectivity index (χ0) is 16.9. The SMILES string of the molecule is COc1ccc(CN2CCN(C(=O)c3ccccc3Br)CC2)cc1. The van der Waals surface area contributed by atoms with Crippen molar-refractivity contribution in [2.75, 3.05) is 33.3 Å². The van der Waals surface area contributed by atoms with Crippen LogP contribution in [0.2, 0.25) is 0 Å². The van der Waals surface area contributed by atoms with Crippen molar-refractivity contribution in [3.05, 3.63) is 64.1 Å². The summed E-state index contributed by atoms with van der Waals surface area (Å²) in [4.78, 5) is 16.9. The minimum absolute atomic E-state index is 0.103. The number of ether oxygens (including phenoxy) is 1. The quantitative estimate of drug-likeness (QED) is 0.804. The number of amides is 1. The summed E-state index contributed by atoms with van der Waals surface area (Å²) in [6, 6.07) is 15.8. The van der Waals surface area contributed by atoms with Crippen LogP contribution in [0.5, 0.6) is 5.75 Å². The number of methoxy groups -OCH3 is 1. The smallest absolute Gasteiger partial charge is 0.255 e. The van der Waals surface area contributed by atoms with Gasteiger partial charge in [0.15, 0.2) is 0 Å². The number of halogens is 1. The minimum Gasteiger partial charge on any atom is -0.497 e. The van der Waals surface area contributed by atoms with E-state index in [1.54, 1.807) is 7.11 Å². The molecule has 2 aromatic carbocycles. The summed E-state index contributed by atoms with van der Waals surface area (Å²) in [5.41, 5.74) is 2.00. The fourth-order valence-corrected chi connectivity index (χ4v) is 3.36. The molecule has 0 spiro atoms. The maximum atomic E-state index is 12.6. The lowest BCUT2D eigenvalue weighted by Gasteiger charge is -2.35. The standard InChI is InChI=1S/C19H21BrN2O2/c1-24-16-8-6-15(7-9-16)14-21-10-12-22(13-11-21)19(23)17-4-2-3-5-18(17)20/h2-9H,10-14H2,1H3. The Morgan fingerprint density at radius 1 is 1.04 bits per heavy atom. The Bertz CT molecular complexity index is 695. The largest absolute Gasteiger partial charge is 0.497 e. The van der Waals surface area contributed by atoms with Crippen molar-refractivity contribution < 1.29 is 9.53 Å². The maximum absolute atomic E-state index is 12.6. The normalized spacial score (nSPS) is 15.3. The van der Waals surface area contributed by atoms with Crippen molar-refractivity contribution in [2.24, 2.45) is 0 Å². The van der Waals surface area contributed by atoms with Crippen LogP contribution < -0.4 is 4.74 Å². The molecule has 0 aromatic heterocycles. The third-order valence-corrected chi connectivity index (χ3v) is 5.02. The summed E-state index contributed by atoms with van der Waals surface area (Å²) in [6.07, 6.45) is 0. The molecule has 0 N–H and O–H groups in total. The molecule has 4 nitrogen and oxygen atoms in total. The lowest BCUT2D eigenvalue weighted by molar-refractivity contribution is 0.0627. The van der Waals surface area contributed by atoms with Crippen LogP contribution in [0, 0.1) is 0 Å². The van der Waals surface area contributed by atoms with E-state index >= 15 is 0 Å². The molecule has 1 heterocycles. The first kappa shape index (κ1) is 17.0. The van der Waals surface area contributed by atoms with E-state index in [-0.39, 0.29) is 5.91 Å². The second-order valence-corrected chi connectivity index (χ2v) is 6.75. The van der Waals surface area contributed by atoms with Gasteiger partial charge in [0.2, 0.25) is 0 Å². The van der Waals surface area contributed by atoms with Crippen LogP contribution in [0.15, 0.2) is 53.0 Å². The van der Waals surface area contributed by atoms with Gasteiger partial charge in [-0.05, 0) is 45.8 Å². The fraction of sp³-hybridized carbons (Fsp3) is 0.316. The van der Waals surface area contributed by atoms with Gasteiger partial charge in [0, 0.05) is 37.2 Å². The molecule has 0 radical (unpaired) electrons. The zero-order valence-corrected chi connectivity index (χ0v) is 15.3. The number of benzene rings is 2. The van der Waals surface area contributed by atoms with E-state index in [1.807, 2.05) is 41.3 Å². The first-order chi connectivity index (χ1) is 11.7. The van der Waals surface area contributed by atoms with Gasteiger partial charge in [0.25, 0.3) is 5.91 Å². The van der Waals surface area contributed by atoms with Crippen molar-refractivity contribution >= 4 is 21.8 Å². The van der Waals surface area contributed by atoms with Gasteiger partial charge >= 0.3 is 0 Å². The first-order valence-corrected chi connectivity index (χ1v) is 8.86. The van der Waals surface area contributed by atoms with Crippen LogP contribution in [0.3, 0.4) is 0 Å². The highest BCUT2D eigenvalue weighted by Gasteiger charge is 2.23. The molecular weight excluding hydrogens is 368 g/mol. The number of hydrogen-bond donors (Lipinski definition) is 0. The number of rotatable bonds is 4. The van der Waals surface area contributed by atoms with Gasteiger partial charge in [-0.25, -0.2) is 0 Å². The maximum Gasteiger partial charge on any atom is 0.255 e. The summed E-state index contributed by atoms with van der Waals surface area (Å²) < 4.78 is 6.05.